The fourth-order valence-corrected chi connectivity index (χ4v) is 2.29. The quantitative estimate of drug-likeness (QED) is 0.904. The van der Waals surface area contributed by atoms with Crippen LogP contribution in [-0.4, -0.2) is 15.8 Å². The summed E-state index contributed by atoms with van der Waals surface area (Å²) in [7, 11) is 1.88. The van der Waals surface area contributed by atoms with Gasteiger partial charge in [-0.3, -0.25) is 4.68 Å². The molecule has 0 bridgehead atoms. The summed E-state index contributed by atoms with van der Waals surface area (Å²) in [4.78, 5) is 11.9. The van der Waals surface area contributed by atoms with Crippen molar-refractivity contribution < 1.29 is 4.79 Å². The lowest BCUT2D eigenvalue weighted by atomic mass is 10.2. The Morgan fingerprint density at radius 3 is 2.57 bits per heavy atom. The van der Waals surface area contributed by atoms with Gasteiger partial charge in [-0.1, -0.05) is 23.2 Å². The second kappa shape index (κ2) is 6.37. The van der Waals surface area contributed by atoms with Crippen LogP contribution in [0.5, 0.6) is 0 Å². The molecular formula is C14H16Cl2N4O. The molecule has 2 amide bonds. The summed E-state index contributed by atoms with van der Waals surface area (Å²) in [5.74, 6) is 0. The Morgan fingerprint density at radius 2 is 2.00 bits per heavy atom. The first-order valence-electron chi connectivity index (χ1n) is 6.37. The van der Waals surface area contributed by atoms with Gasteiger partial charge in [-0.05, 0) is 32.0 Å². The van der Waals surface area contributed by atoms with Crippen molar-refractivity contribution in [3.63, 3.8) is 0 Å². The lowest BCUT2D eigenvalue weighted by Gasteiger charge is -2.09. The Balaban J connectivity index is 1.97. The van der Waals surface area contributed by atoms with Crippen LogP contribution in [0.4, 0.5) is 10.5 Å². The topological polar surface area (TPSA) is 59.0 Å². The zero-order valence-electron chi connectivity index (χ0n) is 12.0. The van der Waals surface area contributed by atoms with E-state index in [-0.39, 0.29) is 6.03 Å². The van der Waals surface area contributed by atoms with E-state index in [9.17, 15) is 4.79 Å². The average molecular weight is 327 g/mol. The van der Waals surface area contributed by atoms with Gasteiger partial charge in [0.25, 0.3) is 0 Å². The van der Waals surface area contributed by atoms with Gasteiger partial charge in [0.15, 0.2) is 0 Å². The molecule has 1 aromatic heterocycles. The van der Waals surface area contributed by atoms with Crippen LogP contribution in [0.15, 0.2) is 18.2 Å². The first-order valence-corrected chi connectivity index (χ1v) is 7.13. The van der Waals surface area contributed by atoms with Crippen LogP contribution in [0.3, 0.4) is 0 Å². The molecule has 1 aromatic carbocycles. The maximum Gasteiger partial charge on any atom is 0.319 e. The first kappa shape index (κ1) is 15.7. The fourth-order valence-electron chi connectivity index (χ4n) is 1.99. The van der Waals surface area contributed by atoms with Crippen molar-refractivity contribution >= 4 is 34.9 Å². The highest BCUT2D eigenvalue weighted by atomic mass is 35.5. The molecule has 2 aromatic rings. The van der Waals surface area contributed by atoms with Gasteiger partial charge < -0.3 is 10.6 Å². The van der Waals surface area contributed by atoms with Crippen LogP contribution in [0, 0.1) is 13.8 Å². The maximum absolute atomic E-state index is 11.9. The van der Waals surface area contributed by atoms with E-state index in [4.69, 9.17) is 23.2 Å². The predicted molar refractivity (Wildman–Crippen MR) is 85.0 cm³/mol. The molecule has 0 saturated carbocycles. The zero-order valence-corrected chi connectivity index (χ0v) is 13.5. The summed E-state index contributed by atoms with van der Waals surface area (Å²) in [5, 5.41) is 10.7. The SMILES string of the molecule is Cc1nn(C)c(C)c1CNC(=O)Nc1ccc(Cl)c(Cl)c1. The van der Waals surface area contributed by atoms with Crippen LogP contribution in [-0.2, 0) is 13.6 Å². The Hall–Kier alpha value is -1.72. The summed E-state index contributed by atoms with van der Waals surface area (Å²) in [6.07, 6.45) is 0. The number of nitrogens with zero attached hydrogens (tertiary/aromatic N) is 2. The predicted octanol–water partition coefficient (Wildman–Crippen LogP) is 3.67. The Kier molecular flexibility index (Phi) is 4.75. The number of aryl methyl sites for hydroxylation is 2. The molecule has 0 fully saturated rings. The fraction of sp³-hybridized carbons (Fsp3) is 0.286. The molecule has 0 aliphatic rings. The van der Waals surface area contributed by atoms with Gasteiger partial charge >= 0.3 is 6.03 Å². The highest BCUT2D eigenvalue weighted by Crippen LogP contribution is 2.24. The number of urea groups is 1. The number of amides is 2. The van der Waals surface area contributed by atoms with Crippen molar-refractivity contribution in [2.45, 2.75) is 20.4 Å². The summed E-state index contributed by atoms with van der Waals surface area (Å²) in [6.45, 7) is 4.30. The van der Waals surface area contributed by atoms with E-state index >= 15 is 0 Å². The van der Waals surface area contributed by atoms with Crippen LogP contribution in [0.1, 0.15) is 17.0 Å². The molecule has 0 spiro atoms. The minimum absolute atomic E-state index is 0.309. The van der Waals surface area contributed by atoms with Gasteiger partial charge in [-0.15, -0.1) is 0 Å². The van der Waals surface area contributed by atoms with E-state index in [1.807, 2.05) is 20.9 Å². The van der Waals surface area contributed by atoms with Crippen molar-refractivity contribution in [2.24, 2.45) is 7.05 Å². The third-order valence-electron chi connectivity index (χ3n) is 3.26. The average Bonchev–Trinajstić information content (AvgIpc) is 2.66. The monoisotopic (exact) mass is 326 g/mol. The van der Waals surface area contributed by atoms with Crippen LogP contribution in [0.2, 0.25) is 10.0 Å². The number of hydrogen-bond acceptors (Lipinski definition) is 2. The smallest absolute Gasteiger partial charge is 0.319 e. The number of nitrogens with one attached hydrogen (secondary N) is 2. The second-order valence-electron chi connectivity index (χ2n) is 4.71. The summed E-state index contributed by atoms with van der Waals surface area (Å²) in [5.41, 5.74) is 3.54. The zero-order chi connectivity index (χ0) is 15.6. The molecule has 2 rings (SSSR count). The molecule has 112 valence electrons. The van der Waals surface area contributed by atoms with Crippen LogP contribution in [0.25, 0.3) is 0 Å². The Bertz CT molecular complexity index is 682. The van der Waals surface area contributed by atoms with Gasteiger partial charge in [0, 0.05) is 30.5 Å². The largest absolute Gasteiger partial charge is 0.334 e. The van der Waals surface area contributed by atoms with Crippen LogP contribution >= 0.6 is 23.2 Å². The Labute approximate surface area is 133 Å². The van der Waals surface area contributed by atoms with Crippen molar-refractivity contribution in [2.75, 3.05) is 5.32 Å². The van der Waals surface area contributed by atoms with Crippen molar-refractivity contribution in [1.29, 1.82) is 0 Å². The highest BCUT2D eigenvalue weighted by molar-refractivity contribution is 6.42. The van der Waals surface area contributed by atoms with Gasteiger partial charge in [-0.25, -0.2) is 4.79 Å². The highest BCUT2D eigenvalue weighted by Gasteiger charge is 2.10. The van der Waals surface area contributed by atoms with E-state index in [2.05, 4.69) is 15.7 Å². The molecule has 5 nitrogen and oxygen atoms in total. The third kappa shape index (κ3) is 3.68. The molecule has 0 aliphatic carbocycles. The molecule has 0 radical (unpaired) electrons. The van der Waals surface area contributed by atoms with E-state index in [0.717, 1.165) is 17.0 Å². The van der Waals surface area contributed by atoms with E-state index in [1.165, 1.54) is 0 Å². The normalized spacial score (nSPS) is 10.5. The molecule has 7 heteroatoms. The molecule has 0 aliphatic heterocycles. The lowest BCUT2D eigenvalue weighted by molar-refractivity contribution is 0.251. The molecular weight excluding hydrogens is 311 g/mol. The first-order chi connectivity index (χ1) is 9.88. The molecule has 21 heavy (non-hydrogen) atoms. The minimum atomic E-state index is -0.309. The van der Waals surface area contributed by atoms with E-state index in [1.54, 1.807) is 22.9 Å². The number of anilines is 1. The third-order valence-corrected chi connectivity index (χ3v) is 4.00. The minimum Gasteiger partial charge on any atom is -0.334 e. The lowest BCUT2D eigenvalue weighted by Crippen LogP contribution is -2.28. The van der Waals surface area contributed by atoms with Crippen molar-refractivity contribution in [3.05, 3.63) is 45.2 Å². The number of hydrogen-bond donors (Lipinski definition) is 2. The number of rotatable bonds is 3. The number of halogens is 2. The number of carbonyl (C=O) groups excluding carboxylic acids is 1. The van der Waals surface area contributed by atoms with Gasteiger partial charge in [0.1, 0.15) is 0 Å². The Morgan fingerprint density at radius 1 is 1.29 bits per heavy atom. The second-order valence-corrected chi connectivity index (χ2v) is 5.52. The maximum atomic E-state index is 11.9. The summed E-state index contributed by atoms with van der Waals surface area (Å²) in [6, 6.07) is 4.61. The number of carbonyl (C=O) groups is 1. The van der Waals surface area contributed by atoms with Gasteiger partial charge in [0.05, 0.1) is 15.7 Å². The number of aromatic nitrogens is 2. The summed E-state index contributed by atoms with van der Waals surface area (Å²) < 4.78 is 1.79. The van der Waals surface area contributed by atoms with Gasteiger partial charge in [-0.2, -0.15) is 5.10 Å². The van der Waals surface area contributed by atoms with Gasteiger partial charge in [0.2, 0.25) is 0 Å². The molecule has 2 N–H and O–H groups in total. The standard InChI is InChI=1S/C14H16Cl2N4O/c1-8-11(9(2)20(3)19-8)7-17-14(21)18-10-4-5-12(15)13(16)6-10/h4-6H,7H2,1-3H3,(H2,17,18,21). The van der Waals surface area contributed by atoms with E-state index < -0.39 is 0 Å². The molecule has 1 heterocycles. The van der Waals surface area contributed by atoms with Crippen LogP contribution < -0.4 is 10.6 Å². The number of benzene rings is 1. The molecule has 0 atom stereocenters. The summed E-state index contributed by atoms with van der Waals surface area (Å²) >= 11 is 11.7. The van der Waals surface area contributed by atoms with Crippen molar-refractivity contribution in [1.82, 2.24) is 15.1 Å². The van der Waals surface area contributed by atoms with Crippen molar-refractivity contribution in [3.8, 4) is 0 Å². The molecule has 0 saturated heterocycles. The van der Waals surface area contributed by atoms with E-state index in [0.29, 0.717) is 22.3 Å². The molecule has 0 unspecified atom stereocenters.